The average Bonchev–Trinajstić information content (AvgIpc) is 2.81. The fourth-order valence-electron chi connectivity index (χ4n) is 3.64. The lowest BCUT2D eigenvalue weighted by atomic mass is 9.98. The summed E-state index contributed by atoms with van der Waals surface area (Å²) in [7, 11) is 0. The smallest absolute Gasteiger partial charge is 0.376 e. The molecule has 1 heterocycles. The monoisotopic (exact) mass is 478 g/mol. The number of rotatable bonds is 10. The summed E-state index contributed by atoms with van der Waals surface area (Å²) in [6.45, 7) is 3.83. The van der Waals surface area contributed by atoms with Gasteiger partial charge in [-0.1, -0.05) is 68.4 Å². The van der Waals surface area contributed by atoms with Gasteiger partial charge in [-0.2, -0.15) is 0 Å². The van der Waals surface area contributed by atoms with E-state index in [9.17, 15) is 24.3 Å². The van der Waals surface area contributed by atoms with E-state index in [4.69, 9.17) is 9.84 Å². The van der Waals surface area contributed by atoms with Crippen LogP contribution in [-0.2, 0) is 34.1 Å². The number of aliphatic carboxylic acids is 1. The summed E-state index contributed by atoms with van der Waals surface area (Å²) in [6.07, 6.45) is 1.03. The summed E-state index contributed by atoms with van der Waals surface area (Å²) in [5.74, 6) is -3.46. The van der Waals surface area contributed by atoms with E-state index in [1.165, 1.54) is 16.7 Å². The minimum Gasteiger partial charge on any atom is -0.507 e. The van der Waals surface area contributed by atoms with Gasteiger partial charge in [0.05, 0.1) is 6.61 Å². The van der Waals surface area contributed by atoms with Gasteiger partial charge in [0, 0.05) is 29.3 Å². The molecule has 182 valence electrons. The van der Waals surface area contributed by atoms with Crippen molar-refractivity contribution in [1.82, 2.24) is 9.55 Å². The number of H-pyrrole nitrogens is 1. The van der Waals surface area contributed by atoms with Gasteiger partial charge in [-0.15, -0.1) is 0 Å². The number of aromatic nitrogens is 2. The van der Waals surface area contributed by atoms with Gasteiger partial charge in [0.25, 0.3) is 11.3 Å². The molecular weight excluding hydrogens is 452 g/mol. The molecule has 0 amide bonds. The number of benzene rings is 2. The summed E-state index contributed by atoms with van der Waals surface area (Å²) in [6, 6.07) is 15.9. The second kappa shape index (κ2) is 11.3. The molecule has 0 bridgehead atoms. The molecule has 0 aliphatic carbocycles. The van der Waals surface area contributed by atoms with Gasteiger partial charge in [0.2, 0.25) is 0 Å². The maximum atomic E-state index is 12.6. The van der Waals surface area contributed by atoms with Crippen LogP contribution in [0.4, 0.5) is 0 Å². The number of carboxylic acid groups (broad SMARTS) is 1. The van der Waals surface area contributed by atoms with Crippen LogP contribution in [0.5, 0.6) is 0 Å². The van der Waals surface area contributed by atoms with E-state index in [-0.39, 0.29) is 24.8 Å². The number of nitrogens with one attached hydrogen (secondary N) is 1. The number of carboxylic acids is 1. The van der Waals surface area contributed by atoms with E-state index < -0.39 is 28.8 Å². The molecule has 0 aliphatic heterocycles. The molecule has 0 unspecified atom stereocenters. The maximum absolute atomic E-state index is 12.6. The van der Waals surface area contributed by atoms with Crippen LogP contribution in [0.3, 0.4) is 0 Å². The Morgan fingerprint density at radius 1 is 1.00 bits per heavy atom. The molecule has 1 aromatic heterocycles. The number of nitrogens with zero attached hydrogens (tertiary/aromatic N) is 1. The third-order valence-electron chi connectivity index (χ3n) is 5.36. The Hall–Kier alpha value is -4.24. The van der Waals surface area contributed by atoms with Gasteiger partial charge < -0.3 is 14.9 Å². The van der Waals surface area contributed by atoms with E-state index in [0.29, 0.717) is 23.8 Å². The molecule has 0 aliphatic rings. The van der Waals surface area contributed by atoms with Crippen LogP contribution in [0, 0.1) is 0 Å². The minimum atomic E-state index is -1.66. The van der Waals surface area contributed by atoms with Crippen molar-refractivity contribution in [3.05, 3.63) is 109 Å². The zero-order valence-electron chi connectivity index (χ0n) is 19.4. The van der Waals surface area contributed by atoms with Crippen molar-refractivity contribution in [2.24, 2.45) is 0 Å². The molecule has 35 heavy (non-hydrogen) atoms. The zero-order chi connectivity index (χ0) is 25.5. The van der Waals surface area contributed by atoms with Gasteiger partial charge in [-0.3, -0.25) is 19.1 Å². The Morgan fingerprint density at radius 3 is 2.26 bits per heavy atom. The molecule has 3 N–H and O–H groups in total. The summed E-state index contributed by atoms with van der Waals surface area (Å²) in [4.78, 5) is 49.4. The molecule has 0 saturated carbocycles. The molecule has 3 rings (SSSR count). The molecule has 0 radical (unpaired) electrons. The number of aliphatic hydroxyl groups is 1. The van der Waals surface area contributed by atoms with Crippen LogP contribution < -0.4 is 11.2 Å². The first-order chi connectivity index (χ1) is 16.7. The first-order valence-corrected chi connectivity index (χ1v) is 10.9. The minimum absolute atomic E-state index is 0.0858. The number of ether oxygens (including phenoxy) is 1. The number of carbonyl (C=O) groups excluding carboxylic acids is 1. The van der Waals surface area contributed by atoms with E-state index >= 15 is 0 Å². The highest BCUT2D eigenvalue weighted by molar-refractivity contribution is 6.38. The quantitative estimate of drug-likeness (QED) is 0.231. The van der Waals surface area contributed by atoms with Gasteiger partial charge in [0.15, 0.2) is 0 Å². The lowest BCUT2D eigenvalue weighted by molar-refractivity contribution is -0.146. The fourth-order valence-corrected chi connectivity index (χ4v) is 3.64. The number of carbonyl (C=O) groups is 2. The standard InChI is InChI=1S/C26H26N2O7/c1-16(2)23-20(12-17-6-4-3-5-7-17)28(26(34)27-24(23)31)15-35-14-18-8-10-19(11-9-18)21(29)13-22(30)25(32)33/h3-11,13,16,29H,12,14-15H2,1-2H3,(H,32,33)(H,27,31,34)/b21-13-. The predicted octanol–water partition coefficient (Wildman–Crippen LogP) is 2.98. The highest BCUT2D eigenvalue weighted by Gasteiger charge is 2.18. The van der Waals surface area contributed by atoms with Crippen LogP contribution in [0.2, 0.25) is 0 Å². The van der Waals surface area contributed by atoms with Crippen molar-refractivity contribution in [3.63, 3.8) is 0 Å². The Bertz CT molecular complexity index is 1350. The summed E-state index contributed by atoms with van der Waals surface area (Å²) in [5, 5.41) is 18.5. The van der Waals surface area contributed by atoms with E-state index in [1.807, 2.05) is 44.2 Å². The number of aromatic amines is 1. The fraction of sp³-hybridized carbons (Fsp3) is 0.231. The molecule has 2 aromatic carbocycles. The molecule has 0 spiro atoms. The van der Waals surface area contributed by atoms with Crippen molar-refractivity contribution in [3.8, 4) is 0 Å². The molecular formula is C26H26N2O7. The number of ketones is 1. The number of aliphatic hydroxyl groups excluding tert-OH is 1. The zero-order valence-corrected chi connectivity index (χ0v) is 19.4. The lowest BCUT2D eigenvalue weighted by Gasteiger charge is -2.18. The Balaban J connectivity index is 1.79. The second-order valence-corrected chi connectivity index (χ2v) is 8.24. The van der Waals surface area contributed by atoms with Gasteiger partial charge in [0.1, 0.15) is 12.5 Å². The van der Waals surface area contributed by atoms with Crippen molar-refractivity contribution in [1.29, 1.82) is 0 Å². The van der Waals surface area contributed by atoms with E-state index in [0.717, 1.165) is 11.1 Å². The van der Waals surface area contributed by atoms with Crippen LogP contribution in [0.1, 0.15) is 47.7 Å². The van der Waals surface area contributed by atoms with Crippen molar-refractivity contribution in [2.45, 2.75) is 39.5 Å². The van der Waals surface area contributed by atoms with Crippen LogP contribution >= 0.6 is 0 Å². The molecule has 9 heteroatoms. The Kier molecular flexibility index (Phi) is 8.17. The first-order valence-electron chi connectivity index (χ1n) is 10.9. The summed E-state index contributed by atoms with van der Waals surface area (Å²) >= 11 is 0. The van der Waals surface area contributed by atoms with Gasteiger partial charge >= 0.3 is 11.7 Å². The van der Waals surface area contributed by atoms with Crippen LogP contribution in [0.15, 0.2) is 70.3 Å². The molecule has 9 nitrogen and oxygen atoms in total. The predicted molar refractivity (Wildman–Crippen MR) is 129 cm³/mol. The van der Waals surface area contributed by atoms with Crippen LogP contribution in [0.25, 0.3) is 5.76 Å². The third-order valence-corrected chi connectivity index (χ3v) is 5.36. The lowest BCUT2D eigenvalue weighted by Crippen LogP contribution is -2.36. The largest absolute Gasteiger partial charge is 0.507 e. The molecule has 3 aromatic rings. The number of hydrogen-bond acceptors (Lipinski definition) is 6. The molecule has 0 fully saturated rings. The van der Waals surface area contributed by atoms with Crippen molar-refractivity contribution >= 4 is 17.5 Å². The summed E-state index contributed by atoms with van der Waals surface area (Å²) < 4.78 is 7.19. The highest BCUT2D eigenvalue weighted by Crippen LogP contribution is 2.18. The maximum Gasteiger partial charge on any atom is 0.376 e. The van der Waals surface area contributed by atoms with Crippen molar-refractivity contribution in [2.75, 3.05) is 0 Å². The SMILES string of the molecule is CC(C)c1c(Cc2ccccc2)n(COCc2ccc(/C(O)=C/C(=O)C(=O)O)cc2)c(=O)[nH]c1=O. The first kappa shape index (κ1) is 25.4. The normalized spacial score (nSPS) is 11.6. The topological polar surface area (TPSA) is 139 Å². The van der Waals surface area contributed by atoms with Gasteiger partial charge in [-0.25, -0.2) is 9.59 Å². The molecule has 0 saturated heterocycles. The van der Waals surface area contributed by atoms with E-state index in [1.54, 1.807) is 12.1 Å². The number of hydrogen-bond donors (Lipinski definition) is 3. The highest BCUT2D eigenvalue weighted by atomic mass is 16.5. The van der Waals surface area contributed by atoms with Gasteiger partial charge in [-0.05, 0) is 17.0 Å². The molecule has 0 atom stereocenters. The summed E-state index contributed by atoms with van der Waals surface area (Å²) in [5.41, 5.74) is 2.10. The average molecular weight is 479 g/mol. The van der Waals surface area contributed by atoms with Crippen LogP contribution in [-0.4, -0.2) is 31.5 Å². The third kappa shape index (κ3) is 6.42. The second-order valence-electron chi connectivity index (χ2n) is 8.24. The Morgan fingerprint density at radius 2 is 1.66 bits per heavy atom. The van der Waals surface area contributed by atoms with Crippen molar-refractivity contribution < 1.29 is 24.5 Å². The van der Waals surface area contributed by atoms with E-state index in [2.05, 4.69) is 4.98 Å². The Labute approximate surface area is 201 Å².